The molecule has 4 amide bonds. The van der Waals surface area contributed by atoms with Crippen LogP contribution in [0, 0.1) is 5.82 Å². The van der Waals surface area contributed by atoms with Crippen LogP contribution < -0.4 is 10.2 Å². The zero-order valence-corrected chi connectivity index (χ0v) is 16.6. The highest BCUT2D eigenvalue weighted by Crippen LogP contribution is 2.27. The summed E-state index contributed by atoms with van der Waals surface area (Å²) in [5.74, 6) is -1.24. The van der Waals surface area contributed by atoms with Crippen LogP contribution in [0.1, 0.15) is 12.0 Å². The Morgan fingerprint density at radius 1 is 0.935 bits per heavy atom. The molecule has 0 spiro atoms. The molecule has 0 aromatic heterocycles. The Morgan fingerprint density at radius 3 is 2.19 bits per heavy atom. The third-order valence-electron chi connectivity index (χ3n) is 5.07. The SMILES string of the molecule is O=C1C[C@@H](N(Cc2ccc(F)cc2)C(=O)Nc2ccccc2)C(=O)N1c1ccccc1. The number of nitrogens with one attached hydrogen (secondary N) is 1. The maximum atomic E-state index is 13.3. The third kappa shape index (κ3) is 4.45. The molecule has 156 valence electrons. The molecular formula is C24H20FN3O3. The first-order chi connectivity index (χ1) is 15.0. The molecule has 1 atom stereocenters. The summed E-state index contributed by atoms with van der Waals surface area (Å²) in [5, 5.41) is 2.77. The summed E-state index contributed by atoms with van der Waals surface area (Å²) in [5.41, 5.74) is 1.67. The minimum atomic E-state index is -0.971. The number of amides is 4. The fourth-order valence-corrected chi connectivity index (χ4v) is 3.53. The Labute approximate surface area is 178 Å². The van der Waals surface area contributed by atoms with E-state index in [-0.39, 0.29) is 18.9 Å². The van der Waals surface area contributed by atoms with E-state index in [1.807, 2.05) is 6.07 Å². The maximum Gasteiger partial charge on any atom is 0.322 e. The fourth-order valence-electron chi connectivity index (χ4n) is 3.53. The number of imide groups is 1. The molecule has 4 rings (SSSR count). The molecular weight excluding hydrogens is 397 g/mol. The van der Waals surface area contributed by atoms with E-state index in [1.54, 1.807) is 66.7 Å². The third-order valence-corrected chi connectivity index (χ3v) is 5.07. The van der Waals surface area contributed by atoms with Crippen molar-refractivity contribution in [3.8, 4) is 0 Å². The lowest BCUT2D eigenvalue weighted by atomic mass is 10.1. The molecule has 0 aliphatic carbocycles. The quantitative estimate of drug-likeness (QED) is 0.633. The number of anilines is 2. The van der Waals surface area contributed by atoms with Gasteiger partial charge in [0.1, 0.15) is 11.9 Å². The number of carbonyl (C=O) groups excluding carboxylic acids is 3. The lowest BCUT2D eigenvalue weighted by Crippen LogP contribution is -2.46. The number of para-hydroxylation sites is 2. The lowest BCUT2D eigenvalue weighted by molar-refractivity contribution is -0.122. The molecule has 31 heavy (non-hydrogen) atoms. The number of hydrogen-bond donors (Lipinski definition) is 1. The average molecular weight is 417 g/mol. The van der Waals surface area contributed by atoms with Crippen LogP contribution in [0.4, 0.5) is 20.6 Å². The van der Waals surface area contributed by atoms with Crippen LogP contribution in [0.3, 0.4) is 0 Å². The molecule has 0 radical (unpaired) electrons. The van der Waals surface area contributed by atoms with E-state index < -0.39 is 23.8 Å². The van der Waals surface area contributed by atoms with Crippen LogP contribution in [-0.2, 0) is 16.1 Å². The predicted molar refractivity (Wildman–Crippen MR) is 115 cm³/mol. The Morgan fingerprint density at radius 2 is 1.55 bits per heavy atom. The summed E-state index contributed by atoms with van der Waals surface area (Å²) in [6.45, 7) is 0.0469. The minimum absolute atomic E-state index is 0.0469. The number of rotatable bonds is 5. The minimum Gasteiger partial charge on any atom is -0.308 e. The number of nitrogens with zero attached hydrogens (tertiary/aromatic N) is 2. The topological polar surface area (TPSA) is 69.7 Å². The normalized spacial score (nSPS) is 15.8. The van der Waals surface area contributed by atoms with Gasteiger partial charge in [-0.3, -0.25) is 9.59 Å². The Balaban J connectivity index is 1.63. The molecule has 1 aliphatic rings. The molecule has 6 nitrogen and oxygen atoms in total. The second kappa shape index (κ2) is 8.79. The first kappa shape index (κ1) is 20.3. The van der Waals surface area contributed by atoms with Crippen LogP contribution in [0.15, 0.2) is 84.9 Å². The van der Waals surface area contributed by atoms with Crippen molar-refractivity contribution in [3.05, 3.63) is 96.3 Å². The van der Waals surface area contributed by atoms with Crippen molar-refractivity contribution in [2.24, 2.45) is 0 Å². The van der Waals surface area contributed by atoms with E-state index >= 15 is 0 Å². The molecule has 3 aromatic carbocycles. The van der Waals surface area contributed by atoms with Crippen molar-refractivity contribution in [2.75, 3.05) is 10.2 Å². The zero-order valence-electron chi connectivity index (χ0n) is 16.6. The van der Waals surface area contributed by atoms with Gasteiger partial charge in [0.25, 0.3) is 5.91 Å². The van der Waals surface area contributed by atoms with Crippen LogP contribution in [0.2, 0.25) is 0 Å². The van der Waals surface area contributed by atoms with E-state index in [0.717, 1.165) is 4.90 Å². The van der Waals surface area contributed by atoms with E-state index in [1.165, 1.54) is 17.0 Å². The highest BCUT2D eigenvalue weighted by Gasteiger charge is 2.44. The van der Waals surface area contributed by atoms with Crippen molar-refractivity contribution in [2.45, 2.75) is 19.0 Å². The van der Waals surface area contributed by atoms with Crippen molar-refractivity contribution in [3.63, 3.8) is 0 Å². The highest BCUT2D eigenvalue weighted by atomic mass is 19.1. The highest BCUT2D eigenvalue weighted by molar-refractivity contribution is 6.23. The fraction of sp³-hybridized carbons (Fsp3) is 0.125. The van der Waals surface area contributed by atoms with E-state index in [0.29, 0.717) is 16.9 Å². The predicted octanol–water partition coefficient (Wildman–Crippen LogP) is 4.19. The van der Waals surface area contributed by atoms with Gasteiger partial charge in [-0.15, -0.1) is 0 Å². The monoisotopic (exact) mass is 417 g/mol. The van der Waals surface area contributed by atoms with Crippen LogP contribution in [0.5, 0.6) is 0 Å². The standard InChI is InChI=1S/C24H20FN3O3/c25-18-13-11-17(12-14-18)16-27(24(31)26-19-7-3-1-4-8-19)21-15-22(29)28(23(21)30)20-9-5-2-6-10-20/h1-14,21H,15-16H2,(H,26,31)/t21-/m1/s1. The van der Waals surface area contributed by atoms with E-state index in [9.17, 15) is 18.8 Å². The summed E-state index contributed by atoms with van der Waals surface area (Å²) in [6.07, 6.45) is -0.128. The molecule has 1 aliphatic heterocycles. The van der Waals surface area contributed by atoms with Crippen LogP contribution >= 0.6 is 0 Å². The summed E-state index contributed by atoms with van der Waals surface area (Å²) in [7, 11) is 0. The van der Waals surface area contributed by atoms with Gasteiger partial charge in [-0.2, -0.15) is 0 Å². The Bertz CT molecular complexity index is 1090. The molecule has 3 aromatic rings. The van der Waals surface area contributed by atoms with Gasteiger partial charge in [-0.25, -0.2) is 14.1 Å². The van der Waals surface area contributed by atoms with Gasteiger partial charge in [-0.1, -0.05) is 48.5 Å². The van der Waals surface area contributed by atoms with Gasteiger partial charge in [0, 0.05) is 12.2 Å². The summed E-state index contributed by atoms with van der Waals surface area (Å²) < 4.78 is 13.3. The second-order valence-electron chi connectivity index (χ2n) is 7.17. The second-order valence-corrected chi connectivity index (χ2v) is 7.17. The van der Waals surface area contributed by atoms with Gasteiger partial charge in [0.2, 0.25) is 5.91 Å². The smallest absolute Gasteiger partial charge is 0.308 e. The Hall–Kier alpha value is -4.00. The number of benzene rings is 3. The number of hydrogen-bond acceptors (Lipinski definition) is 3. The molecule has 0 saturated carbocycles. The molecule has 0 unspecified atom stereocenters. The molecule has 0 bridgehead atoms. The number of urea groups is 1. The maximum absolute atomic E-state index is 13.3. The zero-order chi connectivity index (χ0) is 21.8. The lowest BCUT2D eigenvalue weighted by Gasteiger charge is -2.28. The summed E-state index contributed by atoms with van der Waals surface area (Å²) >= 11 is 0. The van der Waals surface area contributed by atoms with Gasteiger partial charge >= 0.3 is 6.03 Å². The number of carbonyl (C=O) groups is 3. The van der Waals surface area contributed by atoms with Crippen molar-refractivity contribution < 1.29 is 18.8 Å². The van der Waals surface area contributed by atoms with Gasteiger partial charge in [0.05, 0.1) is 12.1 Å². The van der Waals surface area contributed by atoms with Crippen molar-refractivity contribution >= 4 is 29.2 Å². The van der Waals surface area contributed by atoms with Crippen molar-refractivity contribution in [1.82, 2.24) is 4.90 Å². The van der Waals surface area contributed by atoms with Crippen molar-refractivity contribution in [1.29, 1.82) is 0 Å². The van der Waals surface area contributed by atoms with Crippen LogP contribution in [-0.4, -0.2) is 28.8 Å². The molecule has 1 heterocycles. The average Bonchev–Trinajstić information content (AvgIpc) is 3.08. The van der Waals surface area contributed by atoms with Gasteiger partial charge in [0.15, 0.2) is 0 Å². The molecule has 1 N–H and O–H groups in total. The largest absolute Gasteiger partial charge is 0.322 e. The summed E-state index contributed by atoms with van der Waals surface area (Å²) in [6, 6.07) is 21.6. The Kier molecular flexibility index (Phi) is 5.75. The molecule has 7 heteroatoms. The van der Waals surface area contributed by atoms with E-state index in [2.05, 4.69) is 5.32 Å². The first-order valence-corrected chi connectivity index (χ1v) is 9.82. The van der Waals surface area contributed by atoms with Gasteiger partial charge in [-0.05, 0) is 42.0 Å². The number of halogens is 1. The van der Waals surface area contributed by atoms with E-state index in [4.69, 9.17) is 0 Å². The molecule has 1 saturated heterocycles. The van der Waals surface area contributed by atoms with Gasteiger partial charge < -0.3 is 10.2 Å². The first-order valence-electron chi connectivity index (χ1n) is 9.82. The summed E-state index contributed by atoms with van der Waals surface area (Å²) in [4.78, 5) is 41.4. The van der Waals surface area contributed by atoms with Crippen LogP contribution in [0.25, 0.3) is 0 Å². The molecule has 1 fully saturated rings.